The Morgan fingerprint density at radius 2 is 1.63 bits per heavy atom. The van der Waals surface area contributed by atoms with Gasteiger partial charge in [-0.15, -0.1) is 0 Å². The van der Waals surface area contributed by atoms with Crippen LogP contribution in [0, 0.1) is 0 Å². The first-order chi connectivity index (χ1) is 9.31. The lowest BCUT2D eigenvalue weighted by Gasteiger charge is -2.15. The molecule has 19 heavy (non-hydrogen) atoms. The van der Waals surface area contributed by atoms with E-state index in [4.69, 9.17) is 4.74 Å². The van der Waals surface area contributed by atoms with Gasteiger partial charge in [0.2, 0.25) is 0 Å². The molecule has 0 unspecified atom stereocenters. The minimum Gasteiger partial charge on any atom is -0.506 e. The number of nitrogens with zero attached hydrogens (tertiary/aromatic N) is 4. The zero-order chi connectivity index (χ0) is 13.2. The fourth-order valence-corrected chi connectivity index (χ4v) is 1.96. The molecule has 0 aliphatic heterocycles. The molecule has 0 aliphatic rings. The molecule has 0 amide bonds. The van der Waals surface area contributed by atoms with Gasteiger partial charge in [0.1, 0.15) is 22.9 Å². The van der Waals surface area contributed by atoms with Crippen LogP contribution in [0.3, 0.4) is 0 Å². The molecule has 3 rings (SSSR count). The molecule has 6 nitrogen and oxygen atoms in total. The third-order valence-corrected chi connectivity index (χ3v) is 2.78. The van der Waals surface area contributed by atoms with Crippen molar-refractivity contribution in [2.24, 2.45) is 0 Å². The summed E-state index contributed by atoms with van der Waals surface area (Å²) >= 11 is 0. The molecule has 0 spiro atoms. The number of benzene rings is 1. The molecule has 2 aromatic heterocycles. The molecule has 96 valence electrons. The zero-order valence-electron chi connectivity index (χ0n) is 10.3. The highest BCUT2D eigenvalue weighted by atomic mass is 16.5. The van der Waals surface area contributed by atoms with Gasteiger partial charge in [0.15, 0.2) is 0 Å². The van der Waals surface area contributed by atoms with Gasteiger partial charge in [0.25, 0.3) is 0 Å². The average Bonchev–Trinajstić information content (AvgIpc) is 3.11. The minimum atomic E-state index is 0.106. The molecule has 0 bridgehead atoms. The van der Waals surface area contributed by atoms with E-state index in [1.165, 1.54) is 0 Å². The average molecular weight is 256 g/mol. The Kier molecular flexibility index (Phi) is 2.68. The van der Waals surface area contributed by atoms with Crippen LogP contribution in [-0.2, 0) is 0 Å². The maximum atomic E-state index is 10.1. The predicted octanol–water partition coefficient (Wildman–Crippen LogP) is 1.77. The number of hydrogen-bond donors (Lipinski definition) is 1. The van der Waals surface area contributed by atoms with Crippen molar-refractivity contribution in [3.05, 3.63) is 49.1 Å². The molecule has 1 N–H and O–H groups in total. The quantitative estimate of drug-likeness (QED) is 0.775. The number of aromatic nitrogens is 4. The first-order valence-electron chi connectivity index (χ1n) is 5.71. The zero-order valence-corrected chi connectivity index (χ0v) is 10.3. The molecule has 0 aliphatic carbocycles. The summed E-state index contributed by atoms with van der Waals surface area (Å²) in [5.41, 5.74) is 1.16. The van der Waals surface area contributed by atoms with Crippen molar-refractivity contribution >= 4 is 0 Å². The summed E-state index contributed by atoms with van der Waals surface area (Å²) in [4.78, 5) is 0. The Morgan fingerprint density at radius 1 is 1.00 bits per heavy atom. The van der Waals surface area contributed by atoms with Crippen molar-refractivity contribution < 1.29 is 9.84 Å². The van der Waals surface area contributed by atoms with Crippen molar-refractivity contribution in [1.82, 2.24) is 19.6 Å². The van der Waals surface area contributed by atoms with Crippen molar-refractivity contribution in [2.75, 3.05) is 7.11 Å². The normalized spacial score (nSPS) is 10.6. The van der Waals surface area contributed by atoms with Gasteiger partial charge in [-0.25, -0.2) is 9.36 Å². The van der Waals surface area contributed by atoms with Gasteiger partial charge in [-0.05, 0) is 24.3 Å². The fourth-order valence-electron chi connectivity index (χ4n) is 1.96. The van der Waals surface area contributed by atoms with Crippen molar-refractivity contribution in [3.63, 3.8) is 0 Å². The Morgan fingerprint density at radius 3 is 2.16 bits per heavy atom. The molecule has 0 fully saturated rings. The van der Waals surface area contributed by atoms with Crippen LogP contribution in [0.2, 0.25) is 0 Å². The molecule has 1 aromatic carbocycles. The number of methoxy groups -OCH3 is 1. The molecule has 6 heteroatoms. The first kappa shape index (κ1) is 11.3. The van der Waals surface area contributed by atoms with E-state index in [1.54, 1.807) is 65.5 Å². The maximum absolute atomic E-state index is 10.1. The van der Waals surface area contributed by atoms with Gasteiger partial charge in [0, 0.05) is 24.8 Å². The van der Waals surface area contributed by atoms with Gasteiger partial charge < -0.3 is 9.84 Å². The standard InChI is InChI=1S/C13H12N4O2/c1-19-11-5-4-10(18)12(16-8-2-6-14-16)13(11)17-9-3-7-15-17/h2-9,18H,1H3. The first-order valence-corrected chi connectivity index (χ1v) is 5.71. The van der Waals surface area contributed by atoms with Crippen LogP contribution in [0.4, 0.5) is 0 Å². The molecule has 2 heterocycles. The van der Waals surface area contributed by atoms with E-state index in [-0.39, 0.29) is 5.75 Å². The summed E-state index contributed by atoms with van der Waals surface area (Å²) in [6.07, 6.45) is 6.84. The summed E-state index contributed by atoms with van der Waals surface area (Å²) in [7, 11) is 1.58. The van der Waals surface area contributed by atoms with Gasteiger partial charge in [0.05, 0.1) is 7.11 Å². The molecular weight excluding hydrogens is 244 g/mol. The number of phenols is 1. The lowest BCUT2D eigenvalue weighted by Crippen LogP contribution is -2.06. The molecule has 0 saturated carbocycles. The molecular formula is C13H12N4O2. The summed E-state index contributed by atoms with van der Waals surface area (Å²) in [5, 5.41) is 18.5. The summed E-state index contributed by atoms with van der Waals surface area (Å²) in [6, 6.07) is 6.85. The van der Waals surface area contributed by atoms with Crippen LogP contribution in [0.15, 0.2) is 49.1 Å². The van der Waals surface area contributed by atoms with Gasteiger partial charge in [-0.2, -0.15) is 10.2 Å². The van der Waals surface area contributed by atoms with E-state index in [2.05, 4.69) is 10.2 Å². The highest BCUT2D eigenvalue weighted by Gasteiger charge is 2.18. The lowest BCUT2D eigenvalue weighted by molar-refractivity contribution is 0.408. The van der Waals surface area contributed by atoms with Crippen LogP contribution in [0.25, 0.3) is 11.4 Å². The van der Waals surface area contributed by atoms with E-state index in [0.717, 1.165) is 0 Å². The van der Waals surface area contributed by atoms with Crippen LogP contribution < -0.4 is 4.74 Å². The predicted molar refractivity (Wildman–Crippen MR) is 68.9 cm³/mol. The number of rotatable bonds is 3. The monoisotopic (exact) mass is 256 g/mol. The van der Waals surface area contributed by atoms with Crippen LogP contribution in [0.1, 0.15) is 0 Å². The second-order valence-electron chi connectivity index (χ2n) is 3.89. The van der Waals surface area contributed by atoms with Gasteiger partial charge >= 0.3 is 0 Å². The van der Waals surface area contributed by atoms with Gasteiger partial charge in [-0.1, -0.05) is 0 Å². The topological polar surface area (TPSA) is 65.1 Å². The maximum Gasteiger partial charge on any atom is 0.147 e. The number of ether oxygens (including phenoxy) is 1. The smallest absolute Gasteiger partial charge is 0.147 e. The van der Waals surface area contributed by atoms with Crippen LogP contribution in [0.5, 0.6) is 11.5 Å². The summed E-state index contributed by atoms with van der Waals surface area (Å²) in [5.74, 6) is 0.710. The Hall–Kier alpha value is -2.76. The summed E-state index contributed by atoms with van der Waals surface area (Å²) in [6.45, 7) is 0. The van der Waals surface area contributed by atoms with Crippen molar-refractivity contribution in [2.45, 2.75) is 0 Å². The van der Waals surface area contributed by atoms with Crippen molar-refractivity contribution in [1.29, 1.82) is 0 Å². The second kappa shape index (κ2) is 4.49. The fraction of sp³-hybridized carbons (Fsp3) is 0.0769. The third-order valence-electron chi connectivity index (χ3n) is 2.78. The number of aromatic hydroxyl groups is 1. The van der Waals surface area contributed by atoms with E-state index in [0.29, 0.717) is 17.1 Å². The molecule has 3 aromatic rings. The number of phenolic OH excluding ortho intramolecular Hbond substituents is 1. The SMILES string of the molecule is COc1ccc(O)c(-n2cccn2)c1-n1cccn1. The van der Waals surface area contributed by atoms with E-state index in [1.807, 2.05) is 0 Å². The highest BCUT2D eigenvalue weighted by Crippen LogP contribution is 2.35. The molecule has 0 saturated heterocycles. The molecule has 0 atom stereocenters. The van der Waals surface area contributed by atoms with Crippen LogP contribution in [-0.4, -0.2) is 31.8 Å². The van der Waals surface area contributed by atoms with Crippen LogP contribution >= 0.6 is 0 Å². The Bertz CT molecular complexity index is 675. The Labute approximate surface area is 109 Å². The van der Waals surface area contributed by atoms with E-state index in [9.17, 15) is 5.11 Å². The van der Waals surface area contributed by atoms with Crippen molar-refractivity contribution in [3.8, 4) is 22.9 Å². The lowest BCUT2D eigenvalue weighted by atomic mass is 10.2. The Balaban J connectivity index is 2.33. The minimum absolute atomic E-state index is 0.106. The molecule has 0 radical (unpaired) electrons. The van der Waals surface area contributed by atoms with Gasteiger partial charge in [-0.3, -0.25) is 0 Å². The van der Waals surface area contributed by atoms with E-state index >= 15 is 0 Å². The number of hydrogen-bond acceptors (Lipinski definition) is 4. The largest absolute Gasteiger partial charge is 0.506 e. The highest BCUT2D eigenvalue weighted by molar-refractivity contribution is 5.66. The third kappa shape index (κ3) is 1.83. The second-order valence-corrected chi connectivity index (χ2v) is 3.89. The summed E-state index contributed by atoms with van der Waals surface area (Å²) < 4.78 is 8.56. The van der Waals surface area contributed by atoms with E-state index < -0.39 is 0 Å².